The van der Waals surface area contributed by atoms with E-state index in [1.807, 2.05) is 0 Å². The van der Waals surface area contributed by atoms with Gasteiger partial charge in [0.15, 0.2) is 0 Å². The number of carbonyl (C=O) groups excluding carboxylic acids is 1. The van der Waals surface area contributed by atoms with Gasteiger partial charge in [-0.05, 0) is 17.7 Å². The van der Waals surface area contributed by atoms with Gasteiger partial charge in [0, 0.05) is 18.9 Å². The predicted molar refractivity (Wildman–Crippen MR) is 49.5 cm³/mol. The van der Waals surface area contributed by atoms with Crippen molar-refractivity contribution in [1.82, 2.24) is 10.3 Å². The van der Waals surface area contributed by atoms with E-state index in [1.54, 1.807) is 24.5 Å². The van der Waals surface area contributed by atoms with Crippen LogP contribution in [0.15, 0.2) is 24.5 Å². The number of aromatic nitrogens is 1. The molecule has 0 atom stereocenters. The summed E-state index contributed by atoms with van der Waals surface area (Å²) in [6, 6.07) is 3.53. The van der Waals surface area contributed by atoms with Gasteiger partial charge in [0.2, 0.25) is 0 Å². The van der Waals surface area contributed by atoms with Crippen LogP contribution >= 0.6 is 0 Å². The van der Waals surface area contributed by atoms with Crippen LogP contribution in [0.5, 0.6) is 0 Å². The number of alkyl carbamates (subject to hydrolysis) is 1. The average molecular weight is 196 g/mol. The van der Waals surface area contributed by atoms with Crippen molar-refractivity contribution in [3.63, 3.8) is 0 Å². The number of nitrogens with zero attached hydrogens (tertiary/aromatic N) is 1. The molecule has 1 aromatic rings. The number of rotatable bonds is 4. The third kappa shape index (κ3) is 3.86. The van der Waals surface area contributed by atoms with Crippen LogP contribution in [-0.4, -0.2) is 29.3 Å². The largest absolute Gasteiger partial charge is 0.445 e. The standard InChI is InChI=1S/C9H12N2O3/c12-6-5-11-9(13)14-7-8-1-3-10-4-2-8/h1-4,12H,5-7H2,(H,11,13). The first-order valence-corrected chi connectivity index (χ1v) is 4.23. The second-order valence-electron chi connectivity index (χ2n) is 2.58. The third-order valence-corrected chi connectivity index (χ3v) is 1.50. The van der Waals surface area contributed by atoms with Gasteiger partial charge in [0.05, 0.1) is 6.61 Å². The van der Waals surface area contributed by atoms with Crippen LogP contribution < -0.4 is 5.32 Å². The molecule has 0 bridgehead atoms. The van der Waals surface area contributed by atoms with Crippen molar-refractivity contribution < 1.29 is 14.6 Å². The summed E-state index contributed by atoms with van der Waals surface area (Å²) < 4.78 is 4.84. The number of pyridine rings is 1. The Bertz CT molecular complexity index is 277. The van der Waals surface area contributed by atoms with Crippen LogP contribution in [0, 0.1) is 0 Å². The molecule has 1 amide bonds. The molecule has 0 saturated heterocycles. The van der Waals surface area contributed by atoms with Gasteiger partial charge in [0.25, 0.3) is 0 Å². The third-order valence-electron chi connectivity index (χ3n) is 1.50. The molecule has 0 radical (unpaired) electrons. The fourth-order valence-corrected chi connectivity index (χ4v) is 0.837. The average Bonchev–Trinajstić information content (AvgIpc) is 2.25. The first-order chi connectivity index (χ1) is 6.83. The molecule has 0 aromatic carbocycles. The first kappa shape index (κ1) is 10.5. The Morgan fingerprint density at radius 1 is 1.50 bits per heavy atom. The lowest BCUT2D eigenvalue weighted by Crippen LogP contribution is -2.26. The molecule has 1 rings (SSSR count). The summed E-state index contributed by atoms with van der Waals surface area (Å²) >= 11 is 0. The minimum atomic E-state index is -0.532. The van der Waals surface area contributed by atoms with Gasteiger partial charge >= 0.3 is 6.09 Å². The number of hydrogen-bond donors (Lipinski definition) is 2. The van der Waals surface area contributed by atoms with Crippen molar-refractivity contribution in [1.29, 1.82) is 0 Å². The Morgan fingerprint density at radius 2 is 2.21 bits per heavy atom. The monoisotopic (exact) mass is 196 g/mol. The molecule has 0 fully saturated rings. The SMILES string of the molecule is O=C(NCCO)OCc1ccncc1. The highest BCUT2D eigenvalue weighted by atomic mass is 16.5. The molecule has 2 N–H and O–H groups in total. The number of carbonyl (C=O) groups is 1. The Kier molecular flexibility index (Phi) is 4.43. The molecular weight excluding hydrogens is 184 g/mol. The van der Waals surface area contributed by atoms with E-state index in [0.29, 0.717) is 0 Å². The second-order valence-corrected chi connectivity index (χ2v) is 2.58. The summed E-state index contributed by atoms with van der Waals surface area (Å²) in [5, 5.41) is 10.8. The molecule has 0 unspecified atom stereocenters. The maximum absolute atomic E-state index is 10.9. The van der Waals surface area contributed by atoms with Crippen molar-refractivity contribution in [2.24, 2.45) is 0 Å². The van der Waals surface area contributed by atoms with E-state index in [9.17, 15) is 4.79 Å². The summed E-state index contributed by atoms with van der Waals surface area (Å²) in [6.07, 6.45) is 2.73. The van der Waals surface area contributed by atoms with Crippen molar-refractivity contribution in [3.05, 3.63) is 30.1 Å². The number of nitrogens with one attached hydrogen (secondary N) is 1. The summed E-state index contributed by atoms with van der Waals surface area (Å²) in [7, 11) is 0. The van der Waals surface area contributed by atoms with Crippen molar-refractivity contribution in [2.75, 3.05) is 13.2 Å². The topological polar surface area (TPSA) is 71.5 Å². The van der Waals surface area contributed by atoms with Crippen LogP contribution in [-0.2, 0) is 11.3 Å². The number of aliphatic hydroxyl groups is 1. The molecule has 0 spiro atoms. The Morgan fingerprint density at radius 3 is 2.86 bits per heavy atom. The smallest absolute Gasteiger partial charge is 0.407 e. The zero-order valence-corrected chi connectivity index (χ0v) is 7.64. The molecule has 76 valence electrons. The van der Waals surface area contributed by atoms with Crippen LogP contribution in [0.2, 0.25) is 0 Å². The van der Waals surface area contributed by atoms with E-state index < -0.39 is 6.09 Å². The maximum Gasteiger partial charge on any atom is 0.407 e. The minimum absolute atomic E-state index is 0.0929. The first-order valence-electron chi connectivity index (χ1n) is 4.23. The lowest BCUT2D eigenvalue weighted by atomic mass is 10.3. The number of aliphatic hydroxyl groups excluding tert-OH is 1. The van der Waals surface area contributed by atoms with Crippen molar-refractivity contribution in [3.8, 4) is 0 Å². The maximum atomic E-state index is 10.9. The minimum Gasteiger partial charge on any atom is -0.445 e. The lowest BCUT2D eigenvalue weighted by Gasteiger charge is -2.05. The fraction of sp³-hybridized carbons (Fsp3) is 0.333. The van der Waals surface area contributed by atoms with E-state index in [1.165, 1.54) is 0 Å². The van der Waals surface area contributed by atoms with Gasteiger partial charge < -0.3 is 15.2 Å². The zero-order chi connectivity index (χ0) is 10.2. The van der Waals surface area contributed by atoms with Gasteiger partial charge in [-0.25, -0.2) is 4.79 Å². The molecule has 5 heteroatoms. The molecule has 14 heavy (non-hydrogen) atoms. The van der Waals surface area contributed by atoms with Crippen LogP contribution in [0.3, 0.4) is 0 Å². The zero-order valence-electron chi connectivity index (χ0n) is 7.64. The molecule has 5 nitrogen and oxygen atoms in total. The van der Waals surface area contributed by atoms with Gasteiger partial charge in [-0.1, -0.05) is 0 Å². The fourth-order valence-electron chi connectivity index (χ4n) is 0.837. The van der Waals surface area contributed by atoms with E-state index in [2.05, 4.69) is 10.3 Å². The van der Waals surface area contributed by atoms with Gasteiger partial charge in [-0.3, -0.25) is 4.98 Å². The molecule has 1 heterocycles. The van der Waals surface area contributed by atoms with Gasteiger partial charge in [-0.2, -0.15) is 0 Å². The highest BCUT2D eigenvalue weighted by molar-refractivity contribution is 5.67. The number of hydrogen-bond acceptors (Lipinski definition) is 4. The van der Waals surface area contributed by atoms with Crippen LogP contribution in [0.25, 0.3) is 0 Å². The highest BCUT2D eigenvalue weighted by Crippen LogP contribution is 1.98. The van der Waals surface area contributed by atoms with Crippen molar-refractivity contribution >= 4 is 6.09 Å². The Labute approximate surface area is 81.7 Å². The molecule has 1 aromatic heterocycles. The molecule has 0 saturated carbocycles. The summed E-state index contributed by atoms with van der Waals surface area (Å²) in [5.41, 5.74) is 0.874. The lowest BCUT2D eigenvalue weighted by molar-refractivity contribution is 0.137. The second kappa shape index (κ2) is 5.93. The highest BCUT2D eigenvalue weighted by Gasteiger charge is 2.00. The molecule has 0 aliphatic heterocycles. The molecule has 0 aliphatic rings. The van der Waals surface area contributed by atoms with Gasteiger partial charge in [-0.15, -0.1) is 0 Å². The van der Waals surface area contributed by atoms with Crippen LogP contribution in [0.1, 0.15) is 5.56 Å². The number of amides is 1. The van der Waals surface area contributed by atoms with Gasteiger partial charge in [0.1, 0.15) is 6.61 Å². The van der Waals surface area contributed by atoms with E-state index in [0.717, 1.165) is 5.56 Å². The van der Waals surface area contributed by atoms with E-state index in [4.69, 9.17) is 9.84 Å². The van der Waals surface area contributed by atoms with Crippen molar-refractivity contribution in [2.45, 2.75) is 6.61 Å². The van der Waals surface area contributed by atoms with E-state index in [-0.39, 0.29) is 19.8 Å². The molecule has 0 aliphatic carbocycles. The van der Waals surface area contributed by atoms with E-state index >= 15 is 0 Å². The Hall–Kier alpha value is -1.62. The summed E-state index contributed by atoms with van der Waals surface area (Å²) in [6.45, 7) is 0.319. The van der Waals surface area contributed by atoms with Crippen LogP contribution in [0.4, 0.5) is 4.79 Å². The Balaban J connectivity index is 2.24. The quantitative estimate of drug-likeness (QED) is 0.726. The summed E-state index contributed by atoms with van der Waals surface area (Å²) in [5.74, 6) is 0. The predicted octanol–water partition coefficient (Wildman–Crippen LogP) is 0.300. The normalized spacial score (nSPS) is 9.50. The molecular formula is C9H12N2O3. The summed E-state index contributed by atoms with van der Waals surface area (Å²) in [4.78, 5) is 14.7. The number of ether oxygens (including phenoxy) is 1.